The van der Waals surface area contributed by atoms with E-state index < -0.39 is 17.9 Å². The van der Waals surface area contributed by atoms with E-state index in [2.05, 4.69) is 5.32 Å². The fourth-order valence-electron chi connectivity index (χ4n) is 4.21. The third kappa shape index (κ3) is 7.37. The number of carboxylic acids is 1. The lowest BCUT2D eigenvalue weighted by Crippen LogP contribution is -2.46. The van der Waals surface area contributed by atoms with Gasteiger partial charge in [0.05, 0.1) is 24.4 Å². The van der Waals surface area contributed by atoms with Crippen LogP contribution in [0.15, 0.2) is 60.7 Å². The van der Waals surface area contributed by atoms with E-state index in [9.17, 15) is 19.4 Å². The van der Waals surface area contributed by atoms with Gasteiger partial charge < -0.3 is 20.3 Å². The highest BCUT2D eigenvalue weighted by Gasteiger charge is 2.21. The van der Waals surface area contributed by atoms with E-state index in [0.29, 0.717) is 18.5 Å². The average Bonchev–Trinajstić information content (AvgIpc) is 2.83. The van der Waals surface area contributed by atoms with Crippen LogP contribution in [0.4, 0.5) is 4.39 Å². The number of aryl methyl sites for hydroxylation is 1. The van der Waals surface area contributed by atoms with Crippen LogP contribution >= 0.6 is 0 Å². The highest BCUT2D eigenvalue weighted by molar-refractivity contribution is 5.90. The number of rotatable bonds is 11. The average molecular weight is 515 g/mol. The van der Waals surface area contributed by atoms with Gasteiger partial charge in [0.25, 0.3) is 5.02 Å². The van der Waals surface area contributed by atoms with E-state index in [1.807, 2.05) is 57.2 Å². The molecule has 0 unspecified atom stereocenters. The third-order valence-corrected chi connectivity index (χ3v) is 6.49. The van der Waals surface area contributed by atoms with Crippen molar-refractivity contribution in [3.05, 3.63) is 93.8 Å². The van der Waals surface area contributed by atoms with E-state index in [1.165, 1.54) is 6.07 Å². The lowest BCUT2D eigenvalue weighted by Gasteiger charge is -2.28. The number of hydrogen-bond acceptors (Lipinski definition) is 4. The number of carboxylic acid groups (broad SMARTS) is 1. The molecule has 3 N–H and O–H groups in total. The summed E-state index contributed by atoms with van der Waals surface area (Å²) in [5.41, 5.74) is 4.25. The van der Waals surface area contributed by atoms with Crippen LogP contribution in [-0.2, 0) is 11.2 Å². The quantitative estimate of drug-likeness (QED) is 0.326. The summed E-state index contributed by atoms with van der Waals surface area (Å²) in [5, 5.41) is 23.4. The molecule has 5 nitrogen and oxygen atoms in total. The van der Waals surface area contributed by atoms with Crippen molar-refractivity contribution >= 4 is 5.97 Å². The molecule has 0 saturated heterocycles. The van der Waals surface area contributed by atoms with Gasteiger partial charge in [-0.25, -0.2) is 9.18 Å². The summed E-state index contributed by atoms with van der Waals surface area (Å²) >= 11 is 4.92. The monoisotopic (exact) mass is 514 g/mol. The van der Waals surface area contributed by atoms with E-state index in [1.54, 1.807) is 25.1 Å². The maximum Gasteiger partial charge on any atom is 0.335 e. The van der Waals surface area contributed by atoms with Gasteiger partial charge in [0, 0.05) is 18.2 Å². The number of aliphatic hydroxyl groups excluding tert-OH is 1. The van der Waals surface area contributed by atoms with Crippen LogP contribution in [0.3, 0.4) is 0 Å². The Morgan fingerprint density at radius 3 is 2.53 bits per heavy atom. The van der Waals surface area contributed by atoms with Crippen molar-refractivity contribution in [3.8, 4) is 11.1 Å². The van der Waals surface area contributed by atoms with E-state index >= 15 is 0 Å². The van der Waals surface area contributed by atoms with Crippen molar-refractivity contribution in [2.24, 2.45) is 0 Å². The molecule has 36 heavy (non-hydrogen) atoms. The largest absolute Gasteiger partial charge is 0.478 e. The summed E-state index contributed by atoms with van der Waals surface area (Å²) in [6, 6.07) is 18.0. The van der Waals surface area contributed by atoms with Crippen LogP contribution in [0.25, 0.3) is 11.1 Å². The maximum absolute atomic E-state index is 13.8. The minimum Gasteiger partial charge on any atom is -0.478 e. The first kappa shape index (κ1) is 27.8. The van der Waals surface area contributed by atoms with Crippen molar-refractivity contribution in [2.75, 3.05) is 13.2 Å². The predicted molar refractivity (Wildman–Crippen MR) is 137 cm³/mol. The summed E-state index contributed by atoms with van der Waals surface area (Å²) in [5.74, 6) is -1.34. The molecule has 0 spiro atoms. The standard InChI is InChI=1S/C29H33ClFNO4/c1-18-13-21(10-11-23(18)28(34)35)25-8-6-5-7-24(25)19(2)36-17-22(33)16-32-29(3,4)15-20-9-12-26(30)27(31)14-20/h5-14,19,22,30,32-33H,15-17H2,1-4H3/p+1/t19-,22-/m1/s1. The van der Waals surface area contributed by atoms with Gasteiger partial charge in [-0.05, 0) is 74.1 Å². The van der Waals surface area contributed by atoms with Crippen molar-refractivity contribution in [1.82, 2.24) is 5.32 Å². The second kappa shape index (κ2) is 12.0. The van der Waals surface area contributed by atoms with Crippen LogP contribution < -0.4 is 5.32 Å². The Morgan fingerprint density at radius 1 is 1.14 bits per heavy atom. The lowest BCUT2D eigenvalue weighted by atomic mass is 9.94. The van der Waals surface area contributed by atoms with Gasteiger partial charge in [0.1, 0.15) is 0 Å². The molecule has 3 rings (SSSR count). The fourth-order valence-corrected chi connectivity index (χ4v) is 4.34. The molecule has 0 radical (unpaired) electrons. The molecule has 0 bridgehead atoms. The highest BCUT2D eigenvalue weighted by Crippen LogP contribution is 2.31. The topological polar surface area (TPSA) is 78.8 Å². The Hall–Kier alpha value is -2.77. The number of carbonyl (C=O) groups is 1. The Balaban J connectivity index is 1.59. The fraction of sp³-hybridized carbons (Fsp3) is 0.345. The zero-order valence-corrected chi connectivity index (χ0v) is 21.9. The first-order valence-corrected chi connectivity index (χ1v) is 12.3. The second-order valence-corrected chi connectivity index (χ2v) is 10.2. The second-order valence-electron chi connectivity index (χ2n) is 9.76. The normalized spacial score (nSPS) is 13.4. The van der Waals surface area contributed by atoms with E-state index in [0.717, 1.165) is 22.3 Å². The van der Waals surface area contributed by atoms with Crippen molar-refractivity contribution in [1.29, 1.82) is 0 Å². The van der Waals surface area contributed by atoms with Crippen LogP contribution in [0.1, 0.15) is 53.9 Å². The minimum atomic E-state index is -0.948. The van der Waals surface area contributed by atoms with Gasteiger partial charge in [0.15, 0.2) is 17.4 Å². The smallest absolute Gasteiger partial charge is 0.335 e. The van der Waals surface area contributed by atoms with Gasteiger partial charge in [-0.3, -0.25) is 0 Å². The van der Waals surface area contributed by atoms with Gasteiger partial charge in [-0.2, -0.15) is 0 Å². The zero-order valence-electron chi connectivity index (χ0n) is 21.0. The molecule has 7 heteroatoms. The number of hydrogen-bond donors (Lipinski definition) is 3. The number of halogens is 2. The summed E-state index contributed by atoms with van der Waals surface area (Å²) in [6.45, 7) is 8.16. The summed E-state index contributed by atoms with van der Waals surface area (Å²) < 4.78 is 19.8. The molecule has 0 aromatic heterocycles. The van der Waals surface area contributed by atoms with Crippen molar-refractivity contribution in [3.63, 3.8) is 0 Å². The molecule has 192 valence electrons. The molecule has 0 heterocycles. The molecule has 3 aromatic rings. The molecular formula is C29H34ClFNO4+. The van der Waals surface area contributed by atoms with Crippen LogP contribution in [0, 0.1) is 24.3 Å². The lowest BCUT2D eigenvalue weighted by molar-refractivity contribution is -0.293. The number of β-amino-alcohol motifs (C(OH)–C–C–N with tert-alkyl or cyclic N) is 1. The molecule has 0 aliphatic carbocycles. The van der Waals surface area contributed by atoms with Crippen molar-refractivity contribution < 1.29 is 35.7 Å². The molecule has 0 amide bonds. The minimum absolute atomic E-state index is 0.134. The number of aliphatic hydroxyl groups is 1. The Labute approximate surface area is 216 Å². The number of benzene rings is 3. The third-order valence-electron chi connectivity index (χ3n) is 6.16. The summed E-state index contributed by atoms with van der Waals surface area (Å²) in [7, 11) is 0. The first-order chi connectivity index (χ1) is 17.0. The Morgan fingerprint density at radius 2 is 1.86 bits per heavy atom. The summed E-state index contributed by atoms with van der Waals surface area (Å²) in [6.07, 6.45) is -0.442. The zero-order chi connectivity index (χ0) is 26.5. The van der Waals surface area contributed by atoms with Crippen LogP contribution in [0.2, 0.25) is 5.02 Å². The van der Waals surface area contributed by atoms with Crippen LogP contribution in [0.5, 0.6) is 0 Å². The van der Waals surface area contributed by atoms with Gasteiger partial charge in [-0.15, -0.1) is 0 Å². The van der Waals surface area contributed by atoms with Gasteiger partial charge >= 0.3 is 5.97 Å². The SMILES string of the molecule is Cc1cc(-c2ccccc2[C@@H](C)OC[C@H](O)CNC(C)(C)Cc2ccc([ClH+])c(F)c2)ccc1C(=O)O. The highest BCUT2D eigenvalue weighted by atomic mass is 35.5. The van der Waals surface area contributed by atoms with Crippen molar-refractivity contribution in [2.45, 2.75) is 51.9 Å². The number of aromatic carboxylic acids is 1. The van der Waals surface area contributed by atoms with Crippen LogP contribution in [-0.4, -0.2) is 41.0 Å². The molecule has 0 aliphatic rings. The number of nitrogens with one attached hydrogen (secondary N) is 1. The van der Waals surface area contributed by atoms with E-state index in [-0.39, 0.29) is 28.8 Å². The van der Waals surface area contributed by atoms with Gasteiger partial charge in [-0.1, -0.05) is 42.5 Å². The Bertz CT molecular complexity index is 1210. The predicted octanol–water partition coefficient (Wildman–Crippen LogP) is 5.24. The van der Waals surface area contributed by atoms with Gasteiger partial charge in [0.2, 0.25) is 0 Å². The first-order valence-electron chi connectivity index (χ1n) is 11.9. The Kier molecular flexibility index (Phi) is 9.25. The summed E-state index contributed by atoms with van der Waals surface area (Å²) in [4.78, 5) is 11.4. The maximum atomic E-state index is 13.8. The molecule has 0 fully saturated rings. The van der Waals surface area contributed by atoms with E-state index in [4.69, 9.17) is 16.3 Å². The molecule has 3 aromatic carbocycles. The molecule has 2 atom stereocenters. The molecule has 0 aliphatic heterocycles. The molecule has 0 saturated carbocycles. The molecular weight excluding hydrogens is 481 g/mol. The number of ether oxygens (including phenoxy) is 1.